The van der Waals surface area contributed by atoms with E-state index in [0.717, 1.165) is 0 Å². The number of aromatic hydroxyl groups is 1. The minimum Gasteiger partial charge on any atom is -0.507 e. The van der Waals surface area contributed by atoms with Crippen LogP contribution in [0.4, 0.5) is 10.5 Å². The van der Waals surface area contributed by atoms with E-state index in [-0.39, 0.29) is 17.1 Å². The Kier molecular flexibility index (Phi) is 8.51. The van der Waals surface area contributed by atoms with Crippen LogP contribution in [0.15, 0.2) is 42.5 Å². The van der Waals surface area contributed by atoms with Crippen LogP contribution in [0.2, 0.25) is 0 Å². The number of ketones is 1. The number of benzene rings is 2. The van der Waals surface area contributed by atoms with Gasteiger partial charge in [0.15, 0.2) is 11.4 Å². The van der Waals surface area contributed by atoms with Crippen molar-refractivity contribution < 1.29 is 39.5 Å². The zero-order valence-electron chi connectivity index (χ0n) is 23.4. The molecule has 12 nitrogen and oxygen atoms in total. The van der Waals surface area contributed by atoms with Crippen LogP contribution in [0.5, 0.6) is 5.75 Å². The molecule has 2 aromatic rings. The van der Waals surface area contributed by atoms with Crippen LogP contribution in [0.1, 0.15) is 47.1 Å². The number of phenolic OH excluding ortho intramolecular Hbond substituents is 1. The number of Topliss-reactive ketones (excluding diaryl/α,β-unsaturated/α-hetero) is 1. The van der Waals surface area contributed by atoms with E-state index < -0.39 is 53.5 Å². The average Bonchev–Trinajstić information content (AvgIpc) is 2.99. The SMILES string of the molecule is CC(=O)c1cccc(N[C@H]2C(N)[C@@](NC(=O)N(C)C)([C@H](C)O)C(C)(O)C2(O)COC(=O)c2c(C)cccc2O)c1. The third-order valence-corrected chi connectivity index (χ3v) is 7.90. The maximum Gasteiger partial charge on any atom is 0.342 e. The van der Waals surface area contributed by atoms with E-state index >= 15 is 0 Å². The van der Waals surface area contributed by atoms with Crippen molar-refractivity contribution in [3.8, 4) is 5.75 Å². The lowest BCUT2D eigenvalue weighted by atomic mass is 9.73. The van der Waals surface area contributed by atoms with E-state index in [0.29, 0.717) is 16.8 Å². The Morgan fingerprint density at radius 2 is 1.77 bits per heavy atom. The Morgan fingerprint density at radius 3 is 2.33 bits per heavy atom. The molecule has 12 heteroatoms. The fourth-order valence-electron chi connectivity index (χ4n) is 5.44. The first-order valence-corrected chi connectivity index (χ1v) is 12.7. The standard InChI is InChI=1S/C28H38N4O8/c1-15-9-7-12-20(35)21(15)24(36)40-14-27(39)23(30-19-11-8-10-18(13-19)16(2)33)22(29)28(17(3)34,26(27,4)38)31-25(37)32(5)6/h7-13,17,22-23,30,34-35,38-39H,14,29H2,1-6H3,(H,31,37)/t17-,22?,23-,26?,27?,28-/m0/s1. The van der Waals surface area contributed by atoms with Crippen molar-refractivity contribution in [1.29, 1.82) is 0 Å². The Labute approximate surface area is 232 Å². The van der Waals surface area contributed by atoms with Gasteiger partial charge in [0, 0.05) is 25.3 Å². The zero-order valence-corrected chi connectivity index (χ0v) is 23.4. The number of aliphatic hydroxyl groups excluding tert-OH is 1. The summed E-state index contributed by atoms with van der Waals surface area (Å²) in [6.45, 7) is 4.62. The van der Waals surface area contributed by atoms with Gasteiger partial charge in [-0.3, -0.25) is 4.79 Å². The number of anilines is 1. The fraction of sp³-hybridized carbons (Fsp3) is 0.464. The van der Waals surface area contributed by atoms with E-state index in [1.807, 2.05) is 0 Å². The van der Waals surface area contributed by atoms with Gasteiger partial charge in [-0.25, -0.2) is 9.59 Å². The molecule has 6 atom stereocenters. The Balaban J connectivity index is 2.13. The van der Waals surface area contributed by atoms with Gasteiger partial charge in [-0.15, -0.1) is 0 Å². The minimum atomic E-state index is -2.43. The van der Waals surface area contributed by atoms with Crippen LogP contribution >= 0.6 is 0 Å². The molecule has 0 spiro atoms. The second-order valence-electron chi connectivity index (χ2n) is 10.7. The Bertz CT molecular complexity index is 1280. The molecule has 1 fully saturated rings. The first-order chi connectivity index (χ1) is 18.5. The highest BCUT2D eigenvalue weighted by atomic mass is 16.5. The summed E-state index contributed by atoms with van der Waals surface area (Å²) < 4.78 is 5.45. The number of urea groups is 1. The van der Waals surface area contributed by atoms with Gasteiger partial charge >= 0.3 is 12.0 Å². The number of phenols is 1. The van der Waals surface area contributed by atoms with Crippen molar-refractivity contribution in [3.63, 3.8) is 0 Å². The van der Waals surface area contributed by atoms with E-state index in [4.69, 9.17) is 10.5 Å². The number of amides is 2. The maximum absolute atomic E-state index is 13.0. The van der Waals surface area contributed by atoms with Gasteiger partial charge in [-0.05, 0) is 51.5 Å². The number of nitrogens with zero attached hydrogens (tertiary/aromatic N) is 1. The number of carbonyl (C=O) groups excluding carboxylic acids is 3. The Morgan fingerprint density at radius 1 is 1.15 bits per heavy atom. The summed E-state index contributed by atoms with van der Waals surface area (Å²) in [6, 6.07) is 7.34. The molecule has 3 unspecified atom stereocenters. The largest absolute Gasteiger partial charge is 0.507 e. The highest BCUT2D eigenvalue weighted by Gasteiger charge is 2.76. The molecule has 2 aromatic carbocycles. The van der Waals surface area contributed by atoms with Gasteiger partial charge in [0.05, 0.1) is 18.2 Å². The molecular weight excluding hydrogens is 520 g/mol. The molecule has 0 bridgehead atoms. The van der Waals surface area contributed by atoms with Crippen LogP contribution < -0.4 is 16.4 Å². The number of nitrogens with one attached hydrogen (secondary N) is 2. The minimum absolute atomic E-state index is 0.130. The zero-order chi connectivity index (χ0) is 30.2. The molecule has 1 aliphatic carbocycles. The lowest BCUT2D eigenvalue weighted by Gasteiger charge is -2.48. The molecule has 0 aliphatic heterocycles. The van der Waals surface area contributed by atoms with Crippen LogP contribution in [0.3, 0.4) is 0 Å². The summed E-state index contributed by atoms with van der Waals surface area (Å²) in [5, 5.41) is 51.1. The van der Waals surface area contributed by atoms with E-state index in [1.165, 1.54) is 51.9 Å². The second kappa shape index (κ2) is 11.0. The molecule has 218 valence electrons. The summed E-state index contributed by atoms with van der Waals surface area (Å²) >= 11 is 0. The van der Waals surface area contributed by atoms with Crippen LogP contribution in [0, 0.1) is 6.92 Å². The number of aliphatic hydroxyl groups is 3. The van der Waals surface area contributed by atoms with Crippen LogP contribution in [-0.2, 0) is 4.74 Å². The number of esters is 1. The van der Waals surface area contributed by atoms with Crippen LogP contribution in [0.25, 0.3) is 0 Å². The number of hydrogen-bond donors (Lipinski definition) is 7. The smallest absolute Gasteiger partial charge is 0.342 e. The summed E-state index contributed by atoms with van der Waals surface area (Å²) in [5.41, 5.74) is 0.728. The number of hydrogen-bond acceptors (Lipinski definition) is 10. The number of ether oxygens (including phenoxy) is 1. The average molecular weight is 559 g/mol. The number of rotatable bonds is 8. The van der Waals surface area contributed by atoms with Crippen molar-refractivity contribution in [2.24, 2.45) is 5.73 Å². The molecule has 0 heterocycles. The first kappa shape index (κ1) is 30.8. The second-order valence-corrected chi connectivity index (χ2v) is 10.7. The van der Waals surface area contributed by atoms with Crippen molar-refractivity contribution in [2.75, 3.05) is 26.0 Å². The number of aryl methyl sites for hydroxylation is 1. The summed E-state index contributed by atoms with van der Waals surface area (Å²) in [6.07, 6.45) is -1.51. The fourth-order valence-corrected chi connectivity index (χ4v) is 5.44. The summed E-state index contributed by atoms with van der Waals surface area (Å²) in [5.74, 6) is -1.53. The molecule has 3 rings (SSSR count). The molecule has 1 aliphatic rings. The van der Waals surface area contributed by atoms with Crippen LogP contribution in [-0.4, -0.2) is 98.7 Å². The maximum atomic E-state index is 13.0. The molecular formula is C28H38N4O8. The molecule has 2 amide bonds. The topological polar surface area (TPSA) is 195 Å². The van der Waals surface area contributed by atoms with Crippen molar-refractivity contribution in [2.45, 2.75) is 62.6 Å². The van der Waals surface area contributed by atoms with Gasteiger partial charge < -0.3 is 46.4 Å². The van der Waals surface area contributed by atoms with Gasteiger partial charge in [-0.1, -0.05) is 24.3 Å². The van der Waals surface area contributed by atoms with Gasteiger partial charge in [0.1, 0.15) is 29.1 Å². The highest BCUT2D eigenvalue weighted by molar-refractivity contribution is 5.95. The first-order valence-electron chi connectivity index (χ1n) is 12.7. The van der Waals surface area contributed by atoms with E-state index in [1.54, 1.807) is 37.3 Å². The monoisotopic (exact) mass is 558 g/mol. The van der Waals surface area contributed by atoms with Crippen molar-refractivity contribution in [3.05, 3.63) is 59.2 Å². The number of carbonyl (C=O) groups is 3. The van der Waals surface area contributed by atoms with Crippen molar-refractivity contribution >= 4 is 23.5 Å². The third kappa shape index (κ3) is 4.99. The third-order valence-electron chi connectivity index (χ3n) is 7.90. The van der Waals surface area contributed by atoms with E-state index in [2.05, 4.69) is 10.6 Å². The molecule has 40 heavy (non-hydrogen) atoms. The van der Waals surface area contributed by atoms with E-state index in [9.17, 15) is 34.8 Å². The molecule has 0 radical (unpaired) electrons. The molecule has 1 saturated carbocycles. The van der Waals surface area contributed by atoms with Gasteiger partial charge in [-0.2, -0.15) is 0 Å². The lowest BCUT2D eigenvalue weighted by molar-refractivity contribution is -0.186. The quantitative estimate of drug-likeness (QED) is 0.179. The predicted octanol–water partition coefficient (Wildman–Crippen LogP) is 0.755. The Hall–Kier alpha value is -3.71. The molecule has 0 aromatic heterocycles. The van der Waals surface area contributed by atoms with Gasteiger partial charge in [0.2, 0.25) is 0 Å². The highest BCUT2D eigenvalue weighted by Crippen LogP contribution is 2.49. The molecule has 0 saturated heterocycles. The number of nitrogens with two attached hydrogens (primary N) is 1. The normalized spacial score (nSPS) is 28.4. The van der Waals surface area contributed by atoms with Gasteiger partial charge in [0.25, 0.3) is 0 Å². The molecule has 8 N–H and O–H groups in total. The lowest BCUT2D eigenvalue weighted by Crippen LogP contribution is -2.76. The summed E-state index contributed by atoms with van der Waals surface area (Å²) in [4.78, 5) is 39.0. The summed E-state index contributed by atoms with van der Waals surface area (Å²) in [7, 11) is 2.90. The predicted molar refractivity (Wildman–Crippen MR) is 147 cm³/mol. The van der Waals surface area contributed by atoms with Crippen molar-refractivity contribution in [1.82, 2.24) is 10.2 Å².